The average Bonchev–Trinajstić information content (AvgIpc) is 3.30. The molecule has 4 aromatic rings. The van der Waals surface area contributed by atoms with Gasteiger partial charge in [-0.3, -0.25) is 24.0 Å². The van der Waals surface area contributed by atoms with E-state index >= 15 is 0 Å². The van der Waals surface area contributed by atoms with Gasteiger partial charge in [0, 0.05) is 30.3 Å². The van der Waals surface area contributed by atoms with Crippen LogP contribution in [0.2, 0.25) is 0 Å². The van der Waals surface area contributed by atoms with E-state index in [1.807, 2.05) is 30.3 Å². The van der Waals surface area contributed by atoms with Crippen LogP contribution in [-0.4, -0.2) is 24.2 Å². The minimum atomic E-state index is -0.496. The molecule has 0 aliphatic rings. The summed E-state index contributed by atoms with van der Waals surface area (Å²) in [6.45, 7) is 1.86. The highest BCUT2D eigenvalue weighted by atomic mass is 32.2. The molecule has 0 amide bonds. The summed E-state index contributed by atoms with van der Waals surface area (Å²) < 4.78 is 7.90. The van der Waals surface area contributed by atoms with Crippen molar-refractivity contribution in [1.82, 2.24) is 19.3 Å². The van der Waals surface area contributed by atoms with Crippen LogP contribution >= 0.6 is 11.8 Å². The Balaban J connectivity index is 1.56. The van der Waals surface area contributed by atoms with E-state index in [0.717, 1.165) is 5.56 Å². The molecule has 11 heteroatoms. The van der Waals surface area contributed by atoms with Crippen molar-refractivity contribution < 1.29 is 9.45 Å². The standard InChI is InChI=1S/C22H19N5O5S/c1-14-20(28)26(12-15-7-4-3-5-8-15)22(29)25(2)21(14)33-13-18-23-19(24-32-18)16-9-6-10-17(11-16)27(30)31/h3-11H,12-13H2,1-2H3. The van der Waals surface area contributed by atoms with Crippen LogP contribution in [-0.2, 0) is 19.3 Å². The second-order valence-corrected chi connectivity index (χ2v) is 8.22. The molecule has 168 valence electrons. The lowest BCUT2D eigenvalue weighted by atomic mass is 10.2. The van der Waals surface area contributed by atoms with E-state index in [0.29, 0.717) is 16.2 Å². The van der Waals surface area contributed by atoms with Crippen LogP contribution in [0.5, 0.6) is 0 Å². The maximum absolute atomic E-state index is 12.9. The Morgan fingerprint density at radius 1 is 1.12 bits per heavy atom. The molecular weight excluding hydrogens is 446 g/mol. The van der Waals surface area contributed by atoms with Gasteiger partial charge in [-0.05, 0) is 12.5 Å². The molecule has 0 saturated heterocycles. The molecule has 2 aromatic carbocycles. The van der Waals surface area contributed by atoms with Crippen molar-refractivity contribution in [3.8, 4) is 11.4 Å². The van der Waals surface area contributed by atoms with E-state index in [1.54, 1.807) is 26.1 Å². The number of nitro groups is 1. The molecule has 0 unspecified atom stereocenters. The molecule has 0 radical (unpaired) electrons. The third kappa shape index (κ3) is 4.62. The highest BCUT2D eigenvalue weighted by molar-refractivity contribution is 7.98. The molecule has 0 N–H and O–H groups in total. The van der Waals surface area contributed by atoms with E-state index in [2.05, 4.69) is 10.1 Å². The maximum atomic E-state index is 12.9. The Hall–Kier alpha value is -3.99. The van der Waals surface area contributed by atoms with Gasteiger partial charge < -0.3 is 4.52 Å². The molecule has 2 aromatic heterocycles. The van der Waals surface area contributed by atoms with E-state index in [4.69, 9.17) is 4.52 Å². The molecule has 4 rings (SSSR count). The summed E-state index contributed by atoms with van der Waals surface area (Å²) in [5, 5.41) is 15.4. The molecular formula is C22H19N5O5S. The lowest BCUT2D eigenvalue weighted by Crippen LogP contribution is -2.41. The van der Waals surface area contributed by atoms with Crippen LogP contribution in [0.25, 0.3) is 11.4 Å². The Bertz CT molecular complexity index is 1400. The summed E-state index contributed by atoms with van der Waals surface area (Å²) in [6, 6.07) is 15.2. The number of rotatable bonds is 7. The molecule has 0 atom stereocenters. The zero-order valence-corrected chi connectivity index (χ0v) is 18.6. The SMILES string of the molecule is Cc1c(SCc2nc(-c3cccc([N+](=O)[O-])c3)no2)n(C)c(=O)n(Cc2ccccc2)c1=O. The van der Waals surface area contributed by atoms with Gasteiger partial charge in [0.15, 0.2) is 0 Å². The minimum Gasteiger partial charge on any atom is -0.338 e. The van der Waals surface area contributed by atoms with Gasteiger partial charge in [-0.1, -0.05) is 59.4 Å². The number of non-ortho nitro benzene ring substituents is 1. The average molecular weight is 465 g/mol. The summed E-state index contributed by atoms with van der Waals surface area (Å²) in [7, 11) is 1.61. The smallest absolute Gasteiger partial charge is 0.331 e. The molecule has 0 spiro atoms. The van der Waals surface area contributed by atoms with Crippen LogP contribution in [0.4, 0.5) is 5.69 Å². The number of aromatic nitrogens is 4. The number of thioether (sulfide) groups is 1. The predicted molar refractivity (Wildman–Crippen MR) is 122 cm³/mol. The molecule has 0 bridgehead atoms. The lowest BCUT2D eigenvalue weighted by Gasteiger charge is -2.14. The summed E-state index contributed by atoms with van der Waals surface area (Å²) in [6.07, 6.45) is 0. The number of nitrogens with zero attached hydrogens (tertiary/aromatic N) is 5. The fourth-order valence-corrected chi connectivity index (χ4v) is 4.28. The monoisotopic (exact) mass is 465 g/mol. The quantitative estimate of drug-likeness (QED) is 0.176. The van der Waals surface area contributed by atoms with Crippen LogP contribution < -0.4 is 11.2 Å². The summed E-state index contributed by atoms with van der Waals surface area (Å²) >= 11 is 1.23. The number of benzene rings is 2. The fraction of sp³-hybridized carbons (Fsp3) is 0.182. The van der Waals surface area contributed by atoms with Gasteiger partial charge in [0.1, 0.15) is 0 Å². The van der Waals surface area contributed by atoms with Crippen molar-refractivity contribution >= 4 is 17.4 Å². The number of hydrogen-bond acceptors (Lipinski definition) is 8. The van der Waals surface area contributed by atoms with Gasteiger partial charge in [0.05, 0.1) is 22.2 Å². The van der Waals surface area contributed by atoms with Gasteiger partial charge in [0.2, 0.25) is 11.7 Å². The van der Waals surface area contributed by atoms with E-state index < -0.39 is 10.6 Å². The van der Waals surface area contributed by atoms with Crippen molar-refractivity contribution in [3.63, 3.8) is 0 Å². The molecule has 0 aliphatic heterocycles. The van der Waals surface area contributed by atoms with E-state index in [1.165, 1.54) is 33.0 Å². The molecule has 33 heavy (non-hydrogen) atoms. The molecule has 0 fully saturated rings. The van der Waals surface area contributed by atoms with Crippen molar-refractivity contribution in [2.24, 2.45) is 7.05 Å². The van der Waals surface area contributed by atoms with Crippen LogP contribution in [0, 0.1) is 17.0 Å². The second-order valence-electron chi connectivity index (χ2n) is 7.26. The number of nitro benzene ring substituents is 1. The molecule has 0 saturated carbocycles. The Labute approximate surface area is 191 Å². The highest BCUT2D eigenvalue weighted by Gasteiger charge is 2.17. The first kappa shape index (κ1) is 22.2. The van der Waals surface area contributed by atoms with Gasteiger partial charge in [-0.25, -0.2) is 4.79 Å². The Morgan fingerprint density at radius 2 is 1.88 bits per heavy atom. The summed E-state index contributed by atoms with van der Waals surface area (Å²) in [5.41, 5.74) is 0.908. The largest absolute Gasteiger partial charge is 0.338 e. The first-order chi connectivity index (χ1) is 15.8. The molecule has 2 heterocycles. The molecule has 10 nitrogen and oxygen atoms in total. The van der Waals surface area contributed by atoms with Gasteiger partial charge in [-0.2, -0.15) is 4.98 Å². The third-order valence-electron chi connectivity index (χ3n) is 5.01. The van der Waals surface area contributed by atoms with Crippen LogP contribution in [0.3, 0.4) is 0 Å². The third-order valence-corrected chi connectivity index (χ3v) is 6.25. The Morgan fingerprint density at radius 3 is 2.61 bits per heavy atom. The lowest BCUT2D eigenvalue weighted by molar-refractivity contribution is -0.384. The van der Waals surface area contributed by atoms with Crippen molar-refractivity contribution in [3.05, 3.63) is 103 Å². The van der Waals surface area contributed by atoms with Gasteiger partial charge in [-0.15, -0.1) is 0 Å². The summed E-state index contributed by atoms with van der Waals surface area (Å²) in [5.74, 6) is 0.707. The van der Waals surface area contributed by atoms with Crippen molar-refractivity contribution in [2.45, 2.75) is 24.2 Å². The van der Waals surface area contributed by atoms with Crippen LogP contribution in [0.1, 0.15) is 17.0 Å². The number of hydrogen-bond donors (Lipinski definition) is 0. The van der Waals surface area contributed by atoms with Crippen molar-refractivity contribution in [1.29, 1.82) is 0 Å². The predicted octanol–water partition coefficient (Wildman–Crippen LogP) is 3.15. The normalized spacial score (nSPS) is 11.0. The van der Waals surface area contributed by atoms with Gasteiger partial charge in [0.25, 0.3) is 11.2 Å². The maximum Gasteiger partial charge on any atom is 0.331 e. The van der Waals surface area contributed by atoms with Crippen molar-refractivity contribution in [2.75, 3.05) is 0 Å². The van der Waals surface area contributed by atoms with Gasteiger partial charge >= 0.3 is 5.69 Å². The van der Waals surface area contributed by atoms with Crippen LogP contribution in [0.15, 0.2) is 73.7 Å². The minimum absolute atomic E-state index is 0.0742. The molecule has 0 aliphatic carbocycles. The fourth-order valence-electron chi connectivity index (χ4n) is 3.33. The highest BCUT2D eigenvalue weighted by Crippen LogP contribution is 2.25. The van der Waals surface area contributed by atoms with E-state index in [-0.39, 0.29) is 35.3 Å². The second kappa shape index (κ2) is 9.25. The zero-order valence-electron chi connectivity index (χ0n) is 17.8. The topological polar surface area (TPSA) is 126 Å². The van der Waals surface area contributed by atoms with E-state index in [9.17, 15) is 19.7 Å². The summed E-state index contributed by atoms with van der Waals surface area (Å²) in [4.78, 5) is 40.5. The zero-order chi connectivity index (χ0) is 23.5. The first-order valence-corrected chi connectivity index (χ1v) is 10.9. The Kier molecular flexibility index (Phi) is 6.22. The first-order valence-electron chi connectivity index (χ1n) is 9.89.